The summed E-state index contributed by atoms with van der Waals surface area (Å²) in [5.41, 5.74) is 1.41. The molecule has 0 saturated carbocycles. The molecule has 8 heteroatoms. The zero-order valence-electron chi connectivity index (χ0n) is 13.0. The molecular formula is C16H15BrN2O4S. The smallest absolute Gasteiger partial charge is 0.263 e. The fourth-order valence-electron chi connectivity index (χ4n) is 2.37. The molecule has 1 heterocycles. The standard InChI is InChI=1S/C16H15BrN2O4S/c1-22-14-8-12(17)16(9-15(14)23-2)24(20,21)19-11-3-4-13-10(7-11)5-6-18-13/h3-9,18-19H,1-2H3. The van der Waals surface area contributed by atoms with Crippen LogP contribution in [-0.2, 0) is 10.0 Å². The highest BCUT2D eigenvalue weighted by Crippen LogP contribution is 2.36. The molecule has 3 rings (SSSR count). The summed E-state index contributed by atoms with van der Waals surface area (Å²) in [6.07, 6.45) is 1.80. The Morgan fingerprint density at radius 2 is 1.75 bits per heavy atom. The molecule has 0 saturated heterocycles. The first-order valence-electron chi connectivity index (χ1n) is 6.96. The number of hydrogen-bond acceptors (Lipinski definition) is 4. The second-order valence-corrected chi connectivity index (χ2v) is 7.53. The molecule has 0 radical (unpaired) electrons. The number of sulfonamides is 1. The number of anilines is 1. The topological polar surface area (TPSA) is 80.4 Å². The zero-order valence-corrected chi connectivity index (χ0v) is 15.4. The molecule has 0 bridgehead atoms. The average molecular weight is 411 g/mol. The van der Waals surface area contributed by atoms with E-state index in [9.17, 15) is 8.42 Å². The Morgan fingerprint density at radius 1 is 1.04 bits per heavy atom. The number of methoxy groups -OCH3 is 2. The van der Waals surface area contributed by atoms with E-state index < -0.39 is 10.0 Å². The fraction of sp³-hybridized carbons (Fsp3) is 0.125. The number of H-pyrrole nitrogens is 1. The SMILES string of the molecule is COc1cc(Br)c(S(=O)(=O)Nc2ccc3[nH]ccc3c2)cc1OC. The van der Waals surface area contributed by atoms with Crippen molar-refractivity contribution in [1.82, 2.24) is 4.98 Å². The van der Waals surface area contributed by atoms with Gasteiger partial charge in [-0.1, -0.05) is 0 Å². The van der Waals surface area contributed by atoms with Crippen molar-refractivity contribution >= 4 is 42.5 Å². The van der Waals surface area contributed by atoms with Gasteiger partial charge in [-0.25, -0.2) is 8.42 Å². The summed E-state index contributed by atoms with van der Waals surface area (Å²) in [6.45, 7) is 0. The number of aromatic nitrogens is 1. The van der Waals surface area contributed by atoms with Gasteiger partial charge in [-0.15, -0.1) is 0 Å². The van der Waals surface area contributed by atoms with E-state index in [1.807, 2.05) is 12.1 Å². The first-order chi connectivity index (χ1) is 11.4. The molecule has 126 valence electrons. The lowest BCUT2D eigenvalue weighted by Gasteiger charge is -2.13. The van der Waals surface area contributed by atoms with Gasteiger partial charge in [-0.2, -0.15) is 0 Å². The first-order valence-corrected chi connectivity index (χ1v) is 9.23. The molecule has 0 aliphatic carbocycles. The maximum atomic E-state index is 12.7. The Bertz CT molecular complexity index is 998. The second-order valence-electron chi connectivity index (χ2n) is 5.02. The number of aromatic amines is 1. The molecule has 24 heavy (non-hydrogen) atoms. The molecule has 0 fully saturated rings. The van der Waals surface area contributed by atoms with Gasteiger partial charge in [0, 0.05) is 33.3 Å². The number of halogens is 1. The highest BCUT2D eigenvalue weighted by atomic mass is 79.9. The van der Waals surface area contributed by atoms with Crippen molar-refractivity contribution in [1.29, 1.82) is 0 Å². The Morgan fingerprint density at radius 3 is 2.46 bits per heavy atom. The average Bonchev–Trinajstić information content (AvgIpc) is 3.01. The number of ether oxygens (including phenoxy) is 2. The maximum Gasteiger partial charge on any atom is 0.263 e. The van der Waals surface area contributed by atoms with Crippen molar-refractivity contribution < 1.29 is 17.9 Å². The Kier molecular flexibility index (Phi) is 4.42. The molecule has 0 atom stereocenters. The monoisotopic (exact) mass is 410 g/mol. The third-order valence-electron chi connectivity index (χ3n) is 3.53. The van der Waals surface area contributed by atoms with E-state index in [4.69, 9.17) is 9.47 Å². The third kappa shape index (κ3) is 3.07. The van der Waals surface area contributed by atoms with Crippen molar-refractivity contribution in [2.75, 3.05) is 18.9 Å². The van der Waals surface area contributed by atoms with Crippen LogP contribution in [0.15, 0.2) is 52.0 Å². The molecular weight excluding hydrogens is 396 g/mol. The van der Waals surface area contributed by atoms with Gasteiger partial charge < -0.3 is 14.5 Å². The van der Waals surface area contributed by atoms with Crippen molar-refractivity contribution in [2.24, 2.45) is 0 Å². The highest BCUT2D eigenvalue weighted by Gasteiger charge is 2.21. The molecule has 0 spiro atoms. The summed E-state index contributed by atoms with van der Waals surface area (Å²) in [7, 11) is -0.853. The molecule has 0 aliphatic heterocycles. The number of nitrogens with one attached hydrogen (secondary N) is 2. The van der Waals surface area contributed by atoms with Crippen LogP contribution in [-0.4, -0.2) is 27.6 Å². The van der Waals surface area contributed by atoms with Crippen LogP contribution < -0.4 is 14.2 Å². The van der Waals surface area contributed by atoms with E-state index in [2.05, 4.69) is 25.6 Å². The van der Waals surface area contributed by atoms with Gasteiger partial charge in [0.05, 0.1) is 14.2 Å². The molecule has 1 aromatic heterocycles. The lowest BCUT2D eigenvalue weighted by atomic mass is 10.2. The summed E-state index contributed by atoms with van der Waals surface area (Å²) >= 11 is 3.27. The van der Waals surface area contributed by atoms with Crippen molar-refractivity contribution in [3.8, 4) is 11.5 Å². The lowest BCUT2D eigenvalue weighted by Crippen LogP contribution is -2.14. The van der Waals surface area contributed by atoms with Gasteiger partial charge >= 0.3 is 0 Å². The van der Waals surface area contributed by atoms with Crippen molar-refractivity contribution in [3.05, 3.63) is 47.1 Å². The van der Waals surface area contributed by atoms with E-state index in [-0.39, 0.29) is 4.90 Å². The number of benzene rings is 2. The number of rotatable bonds is 5. The fourth-order valence-corrected chi connectivity index (χ4v) is 4.46. The van der Waals surface area contributed by atoms with Gasteiger partial charge in [0.15, 0.2) is 11.5 Å². The van der Waals surface area contributed by atoms with E-state index in [0.29, 0.717) is 21.7 Å². The summed E-state index contributed by atoms with van der Waals surface area (Å²) in [6, 6.07) is 10.1. The minimum absolute atomic E-state index is 0.0642. The first kappa shape index (κ1) is 16.7. The van der Waals surface area contributed by atoms with Crippen LogP contribution in [0.25, 0.3) is 10.9 Å². The van der Waals surface area contributed by atoms with Crippen LogP contribution in [0.4, 0.5) is 5.69 Å². The molecule has 0 aliphatic rings. The summed E-state index contributed by atoms with van der Waals surface area (Å²) in [5, 5.41) is 0.918. The predicted octanol–water partition coefficient (Wildman–Crippen LogP) is 3.75. The normalized spacial score (nSPS) is 11.5. The van der Waals surface area contributed by atoms with Crippen molar-refractivity contribution in [3.63, 3.8) is 0 Å². The van der Waals surface area contributed by atoms with Gasteiger partial charge in [-0.3, -0.25) is 4.72 Å². The molecule has 3 aromatic rings. The van der Waals surface area contributed by atoms with Crippen LogP contribution in [0.1, 0.15) is 0 Å². The van der Waals surface area contributed by atoms with E-state index >= 15 is 0 Å². The van der Waals surface area contributed by atoms with E-state index in [1.165, 1.54) is 20.3 Å². The van der Waals surface area contributed by atoms with Crippen molar-refractivity contribution in [2.45, 2.75) is 4.90 Å². The Hall–Kier alpha value is -2.19. The predicted molar refractivity (Wildman–Crippen MR) is 96.4 cm³/mol. The summed E-state index contributed by atoms with van der Waals surface area (Å²) < 4.78 is 38.8. The Balaban J connectivity index is 2.00. The summed E-state index contributed by atoms with van der Waals surface area (Å²) in [5.74, 6) is 0.777. The largest absolute Gasteiger partial charge is 0.493 e. The molecule has 0 amide bonds. The quantitative estimate of drug-likeness (QED) is 0.670. The van der Waals surface area contributed by atoms with Crippen LogP contribution in [0.5, 0.6) is 11.5 Å². The van der Waals surface area contributed by atoms with Crippen LogP contribution in [0.2, 0.25) is 0 Å². The maximum absolute atomic E-state index is 12.7. The minimum atomic E-state index is -3.80. The Labute approximate surface area is 148 Å². The summed E-state index contributed by atoms with van der Waals surface area (Å²) in [4.78, 5) is 3.13. The van der Waals surface area contributed by atoms with Gasteiger partial charge in [0.25, 0.3) is 10.0 Å². The molecule has 0 unspecified atom stereocenters. The minimum Gasteiger partial charge on any atom is -0.493 e. The highest BCUT2D eigenvalue weighted by molar-refractivity contribution is 9.10. The van der Waals surface area contributed by atoms with E-state index in [0.717, 1.165) is 10.9 Å². The number of hydrogen-bond donors (Lipinski definition) is 2. The van der Waals surface area contributed by atoms with Gasteiger partial charge in [0.2, 0.25) is 0 Å². The molecule has 6 nitrogen and oxygen atoms in total. The van der Waals surface area contributed by atoms with Gasteiger partial charge in [-0.05, 0) is 46.3 Å². The number of fused-ring (bicyclic) bond motifs is 1. The van der Waals surface area contributed by atoms with Gasteiger partial charge in [0.1, 0.15) is 4.90 Å². The molecule has 2 aromatic carbocycles. The van der Waals surface area contributed by atoms with Crippen LogP contribution in [0, 0.1) is 0 Å². The lowest BCUT2D eigenvalue weighted by molar-refractivity contribution is 0.353. The van der Waals surface area contributed by atoms with E-state index in [1.54, 1.807) is 24.4 Å². The molecule has 2 N–H and O–H groups in total. The van der Waals surface area contributed by atoms with Crippen LogP contribution in [0.3, 0.4) is 0 Å². The third-order valence-corrected chi connectivity index (χ3v) is 5.87. The van der Waals surface area contributed by atoms with Crippen LogP contribution >= 0.6 is 15.9 Å². The zero-order chi connectivity index (χ0) is 17.3. The second kappa shape index (κ2) is 6.37.